The third kappa shape index (κ3) is 4.67. The third-order valence-electron chi connectivity index (χ3n) is 3.53. The zero-order chi connectivity index (χ0) is 14.4. The number of halogens is 1. The van der Waals surface area contributed by atoms with Crippen LogP contribution in [0.15, 0.2) is 24.3 Å². The quantitative estimate of drug-likeness (QED) is 0.830. The fourth-order valence-corrected chi connectivity index (χ4v) is 3.60. The van der Waals surface area contributed by atoms with E-state index in [2.05, 4.69) is 38.1 Å². The highest BCUT2D eigenvalue weighted by Gasteiger charge is 2.26. The third-order valence-corrected chi connectivity index (χ3v) is 4.49. The van der Waals surface area contributed by atoms with Gasteiger partial charge in [-0.3, -0.25) is 4.90 Å². The number of nitrogens with two attached hydrogens (primary N) is 1. The van der Waals surface area contributed by atoms with E-state index >= 15 is 0 Å². The molecule has 0 heterocycles. The second-order valence-electron chi connectivity index (χ2n) is 5.04. The maximum absolute atomic E-state index is 6.22. The number of likely N-dealkylation sites (N-methyl/N-ethyl adjacent to an activating group) is 1. The number of thioether (sulfide) groups is 1. The summed E-state index contributed by atoms with van der Waals surface area (Å²) in [6.45, 7) is 4.29. The van der Waals surface area contributed by atoms with E-state index in [4.69, 9.17) is 17.3 Å². The van der Waals surface area contributed by atoms with E-state index < -0.39 is 0 Å². The molecule has 2 nitrogen and oxygen atoms in total. The fourth-order valence-electron chi connectivity index (χ4n) is 2.54. The number of nitrogens with zero attached hydrogens (tertiary/aromatic N) is 1. The van der Waals surface area contributed by atoms with Crippen molar-refractivity contribution >= 4 is 23.4 Å². The first-order chi connectivity index (χ1) is 9.01. The fraction of sp³-hybridized carbons (Fsp3) is 0.600. The lowest BCUT2D eigenvalue weighted by atomic mass is 9.98. The normalized spacial score (nSPS) is 16.4. The van der Waals surface area contributed by atoms with Crippen LogP contribution in [-0.2, 0) is 0 Å². The van der Waals surface area contributed by atoms with Crippen LogP contribution in [-0.4, -0.2) is 36.0 Å². The van der Waals surface area contributed by atoms with Crippen LogP contribution in [0.25, 0.3) is 0 Å². The van der Waals surface area contributed by atoms with Gasteiger partial charge in [0.25, 0.3) is 0 Å². The lowest BCUT2D eigenvalue weighted by Gasteiger charge is -2.37. The molecule has 0 saturated carbocycles. The Morgan fingerprint density at radius 3 is 2.58 bits per heavy atom. The van der Waals surface area contributed by atoms with Crippen molar-refractivity contribution in [2.45, 2.75) is 38.4 Å². The van der Waals surface area contributed by atoms with Crippen molar-refractivity contribution in [2.75, 3.05) is 19.1 Å². The van der Waals surface area contributed by atoms with Gasteiger partial charge in [-0.15, -0.1) is 0 Å². The Hall–Kier alpha value is -0.220. The monoisotopic (exact) mass is 300 g/mol. The van der Waals surface area contributed by atoms with Gasteiger partial charge >= 0.3 is 0 Å². The smallest absolute Gasteiger partial charge is 0.0497 e. The van der Waals surface area contributed by atoms with Crippen LogP contribution < -0.4 is 5.73 Å². The zero-order valence-corrected chi connectivity index (χ0v) is 13.8. The van der Waals surface area contributed by atoms with Gasteiger partial charge in [0.15, 0.2) is 0 Å². The minimum Gasteiger partial charge on any atom is -0.326 e. The lowest BCUT2D eigenvalue weighted by Crippen LogP contribution is -2.43. The summed E-state index contributed by atoms with van der Waals surface area (Å²) in [5, 5.41) is 0.773. The van der Waals surface area contributed by atoms with Crippen LogP contribution in [0.4, 0.5) is 0 Å². The summed E-state index contributed by atoms with van der Waals surface area (Å²) < 4.78 is 0. The van der Waals surface area contributed by atoms with E-state index in [9.17, 15) is 0 Å². The highest BCUT2D eigenvalue weighted by Crippen LogP contribution is 2.27. The molecule has 108 valence electrons. The molecule has 0 spiro atoms. The SMILES string of the molecule is CCC(CSC)N(C)C(c1cccc(Cl)c1)C(C)N. The molecule has 0 radical (unpaired) electrons. The van der Waals surface area contributed by atoms with Gasteiger partial charge in [0.2, 0.25) is 0 Å². The largest absolute Gasteiger partial charge is 0.326 e. The van der Waals surface area contributed by atoms with E-state index in [-0.39, 0.29) is 12.1 Å². The van der Waals surface area contributed by atoms with Crippen LogP contribution in [0, 0.1) is 0 Å². The summed E-state index contributed by atoms with van der Waals surface area (Å²) in [6.07, 6.45) is 3.28. The van der Waals surface area contributed by atoms with Crippen LogP contribution >= 0.6 is 23.4 Å². The zero-order valence-electron chi connectivity index (χ0n) is 12.3. The maximum Gasteiger partial charge on any atom is 0.0497 e. The molecule has 0 saturated heterocycles. The maximum atomic E-state index is 6.22. The molecular formula is C15H25ClN2S. The van der Waals surface area contributed by atoms with Gasteiger partial charge in [0.05, 0.1) is 0 Å². The number of hydrogen-bond donors (Lipinski definition) is 1. The van der Waals surface area contributed by atoms with Crippen molar-refractivity contribution in [3.05, 3.63) is 34.9 Å². The molecule has 0 amide bonds. The highest BCUT2D eigenvalue weighted by atomic mass is 35.5. The number of benzene rings is 1. The molecule has 1 aromatic carbocycles. The molecule has 0 aliphatic carbocycles. The van der Waals surface area contributed by atoms with Crippen molar-refractivity contribution in [2.24, 2.45) is 5.73 Å². The van der Waals surface area contributed by atoms with Crippen molar-refractivity contribution < 1.29 is 0 Å². The Morgan fingerprint density at radius 2 is 2.11 bits per heavy atom. The van der Waals surface area contributed by atoms with Crippen molar-refractivity contribution in [3.8, 4) is 0 Å². The highest BCUT2D eigenvalue weighted by molar-refractivity contribution is 7.98. The molecule has 0 aliphatic rings. The summed E-state index contributed by atoms with van der Waals surface area (Å²) in [5.74, 6) is 1.12. The van der Waals surface area contributed by atoms with E-state index in [0.717, 1.165) is 17.2 Å². The van der Waals surface area contributed by atoms with Crippen LogP contribution in [0.2, 0.25) is 5.02 Å². The lowest BCUT2D eigenvalue weighted by molar-refractivity contribution is 0.164. The second-order valence-corrected chi connectivity index (χ2v) is 6.39. The molecular weight excluding hydrogens is 276 g/mol. The molecule has 0 aliphatic heterocycles. The Balaban J connectivity index is 3.00. The van der Waals surface area contributed by atoms with Crippen LogP contribution in [0.1, 0.15) is 31.9 Å². The summed E-state index contributed by atoms with van der Waals surface area (Å²) in [4.78, 5) is 2.40. The summed E-state index contributed by atoms with van der Waals surface area (Å²) in [5.41, 5.74) is 7.42. The van der Waals surface area contributed by atoms with Gasteiger partial charge in [-0.05, 0) is 44.3 Å². The average molecular weight is 301 g/mol. The van der Waals surface area contributed by atoms with Gasteiger partial charge < -0.3 is 5.73 Å². The molecule has 0 bridgehead atoms. The van der Waals surface area contributed by atoms with E-state index in [1.54, 1.807) is 0 Å². The molecule has 1 rings (SSSR count). The number of hydrogen-bond acceptors (Lipinski definition) is 3. The molecule has 0 aromatic heterocycles. The van der Waals surface area contributed by atoms with Gasteiger partial charge in [0.1, 0.15) is 0 Å². The molecule has 0 fully saturated rings. The van der Waals surface area contributed by atoms with E-state index in [1.807, 2.05) is 30.0 Å². The van der Waals surface area contributed by atoms with E-state index in [0.29, 0.717) is 6.04 Å². The van der Waals surface area contributed by atoms with Crippen LogP contribution in [0.3, 0.4) is 0 Å². The molecule has 19 heavy (non-hydrogen) atoms. The van der Waals surface area contributed by atoms with Crippen molar-refractivity contribution in [3.63, 3.8) is 0 Å². The summed E-state index contributed by atoms with van der Waals surface area (Å²) >= 11 is 7.99. The molecule has 1 aromatic rings. The first-order valence-electron chi connectivity index (χ1n) is 6.73. The van der Waals surface area contributed by atoms with Gasteiger partial charge in [0, 0.05) is 28.9 Å². The Morgan fingerprint density at radius 1 is 1.42 bits per heavy atom. The Bertz CT molecular complexity index is 384. The number of rotatable bonds is 7. The molecule has 2 N–H and O–H groups in total. The first kappa shape index (κ1) is 16.8. The Kier molecular flexibility index (Phi) is 7.22. The minimum absolute atomic E-state index is 0.0689. The average Bonchev–Trinajstić information content (AvgIpc) is 2.35. The minimum atomic E-state index is 0.0689. The molecule has 3 atom stereocenters. The van der Waals surface area contributed by atoms with Gasteiger partial charge in [-0.25, -0.2) is 0 Å². The predicted molar refractivity (Wildman–Crippen MR) is 88.1 cm³/mol. The first-order valence-corrected chi connectivity index (χ1v) is 8.50. The Labute approximate surface area is 126 Å². The molecule has 3 unspecified atom stereocenters. The summed E-state index contributed by atoms with van der Waals surface area (Å²) in [6, 6.07) is 8.85. The standard InChI is InChI=1S/C15H25ClN2S/c1-5-14(10-19-4)18(3)15(11(2)17)12-7-6-8-13(16)9-12/h6-9,11,14-15H,5,10,17H2,1-4H3. The van der Waals surface area contributed by atoms with Gasteiger partial charge in [-0.1, -0.05) is 30.7 Å². The molecule has 4 heteroatoms. The predicted octanol–water partition coefficient (Wildman–Crippen LogP) is 3.80. The van der Waals surface area contributed by atoms with Crippen molar-refractivity contribution in [1.29, 1.82) is 0 Å². The topological polar surface area (TPSA) is 29.3 Å². The van der Waals surface area contributed by atoms with Gasteiger partial charge in [-0.2, -0.15) is 11.8 Å². The van der Waals surface area contributed by atoms with E-state index in [1.165, 1.54) is 5.56 Å². The summed E-state index contributed by atoms with van der Waals surface area (Å²) in [7, 11) is 2.17. The second kappa shape index (κ2) is 8.15. The van der Waals surface area contributed by atoms with Crippen LogP contribution in [0.5, 0.6) is 0 Å². The van der Waals surface area contributed by atoms with Crippen molar-refractivity contribution in [1.82, 2.24) is 4.90 Å².